The fourth-order valence-corrected chi connectivity index (χ4v) is 3.23. The Morgan fingerprint density at radius 2 is 2.30 bits per heavy atom. The lowest BCUT2D eigenvalue weighted by atomic mass is 10.0. The monoisotopic (exact) mass is 334 g/mol. The first-order valence-electron chi connectivity index (χ1n) is 7.02. The third kappa shape index (κ3) is 3.05. The molecule has 3 rings (SSSR count). The van der Waals surface area contributed by atoms with Gasteiger partial charge in [-0.3, -0.25) is 5.43 Å². The molecule has 0 amide bonds. The highest BCUT2D eigenvalue weighted by Gasteiger charge is 2.20. The summed E-state index contributed by atoms with van der Waals surface area (Å²) in [4.78, 5) is 12.2. The molecule has 0 bridgehead atoms. The molecule has 1 N–H and O–H groups in total. The quantitative estimate of drug-likeness (QED) is 0.688. The van der Waals surface area contributed by atoms with Crippen LogP contribution in [0.4, 0.5) is 10.1 Å². The van der Waals surface area contributed by atoms with Crippen molar-refractivity contribution in [1.82, 2.24) is 0 Å². The molecule has 2 heterocycles. The van der Waals surface area contributed by atoms with Crippen molar-refractivity contribution in [2.24, 2.45) is 5.10 Å². The SMILES string of the molecule is COC(=O)c1scc(C)c1N/N=C1/CCOc2ccc(F)cc21. The van der Waals surface area contributed by atoms with Crippen LogP contribution in [0.25, 0.3) is 0 Å². The van der Waals surface area contributed by atoms with Gasteiger partial charge >= 0.3 is 5.97 Å². The highest BCUT2D eigenvalue weighted by molar-refractivity contribution is 7.12. The fourth-order valence-electron chi connectivity index (χ4n) is 2.31. The van der Waals surface area contributed by atoms with Crippen molar-refractivity contribution in [3.63, 3.8) is 0 Å². The number of nitrogens with one attached hydrogen (secondary N) is 1. The number of thiophene rings is 1. The predicted molar refractivity (Wildman–Crippen MR) is 87.1 cm³/mol. The molecule has 0 unspecified atom stereocenters. The first-order chi connectivity index (χ1) is 11.1. The van der Waals surface area contributed by atoms with E-state index in [0.29, 0.717) is 40.6 Å². The molecule has 23 heavy (non-hydrogen) atoms. The molecule has 7 heteroatoms. The number of benzene rings is 1. The summed E-state index contributed by atoms with van der Waals surface area (Å²) in [5.41, 5.74) is 5.74. The molecule has 1 aromatic carbocycles. The van der Waals surface area contributed by atoms with Crippen molar-refractivity contribution in [1.29, 1.82) is 0 Å². The predicted octanol–water partition coefficient (Wildman–Crippen LogP) is 3.58. The topological polar surface area (TPSA) is 59.9 Å². The Balaban J connectivity index is 1.92. The number of hydrazone groups is 1. The van der Waals surface area contributed by atoms with Gasteiger partial charge < -0.3 is 9.47 Å². The first kappa shape index (κ1) is 15.5. The molecule has 5 nitrogen and oxygen atoms in total. The first-order valence-corrected chi connectivity index (χ1v) is 7.90. The van der Waals surface area contributed by atoms with Gasteiger partial charge in [0.05, 0.1) is 25.1 Å². The molecule has 0 saturated heterocycles. The van der Waals surface area contributed by atoms with Gasteiger partial charge in [0.25, 0.3) is 0 Å². The molecular weight excluding hydrogens is 319 g/mol. The van der Waals surface area contributed by atoms with Gasteiger partial charge in [0.2, 0.25) is 0 Å². The normalized spacial score (nSPS) is 15.0. The van der Waals surface area contributed by atoms with E-state index >= 15 is 0 Å². The number of halogens is 1. The molecule has 0 aliphatic carbocycles. The van der Waals surface area contributed by atoms with E-state index in [2.05, 4.69) is 10.5 Å². The number of carbonyl (C=O) groups is 1. The van der Waals surface area contributed by atoms with Crippen molar-refractivity contribution in [2.75, 3.05) is 19.1 Å². The zero-order chi connectivity index (χ0) is 16.4. The second-order valence-corrected chi connectivity index (χ2v) is 5.90. The van der Waals surface area contributed by atoms with Gasteiger partial charge in [-0.25, -0.2) is 9.18 Å². The average Bonchev–Trinajstić information content (AvgIpc) is 2.93. The van der Waals surface area contributed by atoms with Crippen LogP contribution in [-0.4, -0.2) is 25.4 Å². The molecule has 1 aromatic heterocycles. The van der Waals surface area contributed by atoms with Crippen molar-refractivity contribution in [3.8, 4) is 5.75 Å². The smallest absolute Gasteiger partial charge is 0.350 e. The maximum absolute atomic E-state index is 13.5. The minimum atomic E-state index is -0.413. The van der Waals surface area contributed by atoms with E-state index < -0.39 is 5.97 Å². The van der Waals surface area contributed by atoms with E-state index in [1.165, 1.54) is 30.6 Å². The van der Waals surface area contributed by atoms with Crippen LogP contribution >= 0.6 is 11.3 Å². The second kappa shape index (κ2) is 6.37. The molecule has 1 aliphatic rings. The van der Waals surface area contributed by atoms with Crippen LogP contribution in [0.3, 0.4) is 0 Å². The second-order valence-electron chi connectivity index (χ2n) is 5.02. The average molecular weight is 334 g/mol. The molecule has 0 saturated carbocycles. The van der Waals surface area contributed by atoms with E-state index in [0.717, 1.165) is 5.56 Å². The summed E-state index contributed by atoms with van der Waals surface area (Å²) >= 11 is 1.29. The van der Waals surface area contributed by atoms with Crippen LogP contribution in [0.5, 0.6) is 5.75 Å². The van der Waals surface area contributed by atoms with Crippen LogP contribution in [0.2, 0.25) is 0 Å². The minimum Gasteiger partial charge on any atom is -0.492 e. The van der Waals surface area contributed by atoms with Crippen molar-refractivity contribution < 1.29 is 18.7 Å². The maximum atomic E-state index is 13.5. The number of nitrogens with zero attached hydrogens (tertiary/aromatic N) is 1. The van der Waals surface area contributed by atoms with Gasteiger partial charge in [0, 0.05) is 12.0 Å². The van der Waals surface area contributed by atoms with Crippen molar-refractivity contribution in [3.05, 3.63) is 45.4 Å². The Kier molecular flexibility index (Phi) is 4.29. The number of methoxy groups -OCH3 is 1. The number of aryl methyl sites for hydroxylation is 1. The Morgan fingerprint density at radius 1 is 1.48 bits per heavy atom. The van der Waals surface area contributed by atoms with Crippen LogP contribution < -0.4 is 10.2 Å². The van der Waals surface area contributed by atoms with Crippen molar-refractivity contribution in [2.45, 2.75) is 13.3 Å². The molecule has 0 fully saturated rings. The van der Waals surface area contributed by atoms with E-state index in [1.807, 2.05) is 12.3 Å². The number of esters is 1. The number of hydrogen-bond donors (Lipinski definition) is 1. The summed E-state index contributed by atoms with van der Waals surface area (Å²) in [6.07, 6.45) is 0.556. The van der Waals surface area contributed by atoms with Gasteiger partial charge in [-0.2, -0.15) is 5.10 Å². The van der Waals surface area contributed by atoms with Crippen LogP contribution in [0.1, 0.15) is 27.2 Å². The third-order valence-corrected chi connectivity index (χ3v) is 4.58. The Labute approximate surface area is 136 Å². The van der Waals surface area contributed by atoms with E-state index in [1.54, 1.807) is 6.07 Å². The van der Waals surface area contributed by atoms with Gasteiger partial charge in [-0.05, 0) is 36.1 Å². The summed E-state index contributed by atoms with van der Waals surface area (Å²) in [5.74, 6) is -0.151. The summed E-state index contributed by atoms with van der Waals surface area (Å²) < 4.78 is 23.7. The van der Waals surface area contributed by atoms with Gasteiger partial charge in [-0.15, -0.1) is 11.3 Å². The molecule has 120 valence electrons. The largest absolute Gasteiger partial charge is 0.492 e. The van der Waals surface area contributed by atoms with E-state index in [-0.39, 0.29) is 5.82 Å². The minimum absolute atomic E-state index is 0.344. The van der Waals surface area contributed by atoms with Gasteiger partial charge in [-0.1, -0.05) is 0 Å². The number of carbonyl (C=O) groups excluding carboxylic acids is 1. The number of fused-ring (bicyclic) bond motifs is 1. The highest BCUT2D eigenvalue weighted by Crippen LogP contribution is 2.30. The Hall–Kier alpha value is -2.41. The summed E-state index contributed by atoms with van der Waals surface area (Å²) in [6, 6.07) is 4.35. The lowest BCUT2D eigenvalue weighted by Crippen LogP contribution is -2.18. The zero-order valence-corrected chi connectivity index (χ0v) is 13.5. The molecular formula is C16H15FN2O3S. The standard InChI is InChI=1S/C16H15FN2O3S/c1-9-8-23-15(16(20)21-2)14(9)19-18-12-5-6-22-13-4-3-10(17)7-11(12)13/h3-4,7-8,19H,5-6H2,1-2H3/b18-12-. The number of rotatable bonds is 3. The van der Waals surface area contributed by atoms with Gasteiger partial charge in [0.1, 0.15) is 16.4 Å². The lowest BCUT2D eigenvalue weighted by Gasteiger charge is -2.19. The molecule has 0 radical (unpaired) electrons. The van der Waals surface area contributed by atoms with Crippen LogP contribution in [-0.2, 0) is 4.74 Å². The Morgan fingerprint density at radius 3 is 3.09 bits per heavy atom. The molecule has 0 atom stereocenters. The summed E-state index contributed by atoms with van der Waals surface area (Å²) in [5, 5.41) is 6.22. The highest BCUT2D eigenvalue weighted by atomic mass is 32.1. The maximum Gasteiger partial charge on any atom is 0.350 e. The van der Waals surface area contributed by atoms with Crippen molar-refractivity contribution >= 4 is 28.7 Å². The number of anilines is 1. The van der Waals surface area contributed by atoms with E-state index in [4.69, 9.17) is 9.47 Å². The third-order valence-electron chi connectivity index (χ3n) is 3.50. The van der Waals surface area contributed by atoms with Crippen LogP contribution in [0.15, 0.2) is 28.7 Å². The number of hydrogen-bond acceptors (Lipinski definition) is 6. The fraction of sp³-hybridized carbons (Fsp3) is 0.250. The molecule has 1 aliphatic heterocycles. The van der Waals surface area contributed by atoms with E-state index in [9.17, 15) is 9.18 Å². The summed E-state index contributed by atoms with van der Waals surface area (Å²) in [7, 11) is 1.34. The molecule has 0 spiro atoms. The van der Waals surface area contributed by atoms with Gasteiger partial charge in [0.15, 0.2) is 0 Å². The van der Waals surface area contributed by atoms with Crippen LogP contribution in [0, 0.1) is 12.7 Å². The number of ether oxygens (including phenoxy) is 2. The lowest BCUT2D eigenvalue weighted by molar-refractivity contribution is 0.0607. The molecule has 2 aromatic rings. The summed E-state index contributed by atoms with van der Waals surface area (Å²) in [6.45, 7) is 2.36. The zero-order valence-electron chi connectivity index (χ0n) is 12.7. The Bertz CT molecular complexity index is 786.